The van der Waals surface area contributed by atoms with Gasteiger partial charge in [-0.15, -0.1) is 0 Å². The fraction of sp³-hybridized carbons (Fsp3) is 1.00. The number of hydrogen-bond donors (Lipinski definition) is 10. The zero-order valence-electron chi connectivity index (χ0n) is 19.4. The molecule has 10 N–H and O–H groups in total. The van der Waals surface area contributed by atoms with Gasteiger partial charge in [0.15, 0.2) is 25.2 Å². The van der Waals surface area contributed by atoms with E-state index < -0.39 is 112 Å². The highest BCUT2D eigenvalue weighted by Gasteiger charge is 2.52. The van der Waals surface area contributed by atoms with Crippen LogP contribution in [0.2, 0.25) is 0 Å². The molecule has 0 saturated carbocycles. The molecule has 0 amide bonds. The first-order chi connectivity index (χ1) is 17.5. The lowest BCUT2D eigenvalue weighted by Crippen LogP contribution is -2.62. The van der Waals surface area contributed by atoms with Crippen LogP contribution in [-0.4, -0.2) is 176 Å². The number of aliphatic hydroxyl groups excluding tert-OH is 10. The smallest absolute Gasteiger partial charge is 0.187 e. The maximum atomic E-state index is 11.1. The van der Waals surface area contributed by atoms with E-state index in [-0.39, 0.29) is 13.2 Å². The van der Waals surface area contributed by atoms with Crippen molar-refractivity contribution in [2.45, 2.75) is 98.4 Å². The van der Waals surface area contributed by atoms with Crippen molar-refractivity contribution in [3.05, 3.63) is 0 Å². The Labute approximate surface area is 209 Å². The van der Waals surface area contributed by atoms with Gasteiger partial charge in [0.05, 0.1) is 26.4 Å². The molecule has 4 saturated heterocycles. The first-order valence-corrected chi connectivity index (χ1v) is 11.7. The Morgan fingerprint density at radius 2 is 1.14 bits per heavy atom. The van der Waals surface area contributed by atoms with Gasteiger partial charge >= 0.3 is 0 Å². The summed E-state index contributed by atoms with van der Waals surface area (Å²) in [5.74, 6) is 0. The van der Waals surface area contributed by atoms with E-state index in [0.717, 1.165) is 0 Å². The van der Waals surface area contributed by atoms with Crippen LogP contribution >= 0.6 is 0 Å². The van der Waals surface area contributed by atoms with E-state index in [4.69, 9.17) is 33.2 Å². The molecule has 4 aliphatic rings. The molecule has 0 radical (unpaired) electrons. The van der Waals surface area contributed by atoms with Gasteiger partial charge < -0.3 is 84.2 Å². The molecule has 17 heteroatoms. The Morgan fingerprint density at radius 3 is 1.81 bits per heavy atom. The maximum Gasteiger partial charge on any atom is 0.187 e. The number of hydrogen-bond acceptors (Lipinski definition) is 17. The molecule has 0 aromatic heterocycles. The number of aliphatic hydroxyl groups is 10. The van der Waals surface area contributed by atoms with Crippen LogP contribution in [-0.2, 0) is 33.2 Å². The first kappa shape index (κ1) is 29.3. The molecule has 4 aliphatic heterocycles. The largest absolute Gasteiger partial charge is 0.394 e. The average molecular weight is 546 g/mol. The second-order valence-electron chi connectivity index (χ2n) is 9.30. The van der Waals surface area contributed by atoms with E-state index >= 15 is 0 Å². The van der Waals surface area contributed by atoms with Gasteiger partial charge in [0.25, 0.3) is 0 Å². The Morgan fingerprint density at radius 1 is 0.541 bits per heavy atom. The predicted octanol–water partition coefficient (Wildman–Crippen LogP) is -7.19. The molecule has 16 atom stereocenters. The fourth-order valence-electron chi connectivity index (χ4n) is 4.41. The highest BCUT2D eigenvalue weighted by molar-refractivity contribution is 4.93. The summed E-state index contributed by atoms with van der Waals surface area (Å²) >= 11 is 0. The van der Waals surface area contributed by atoms with Gasteiger partial charge in [0.2, 0.25) is 0 Å². The summed E-state index contributed by atoms with van der Waals surface area (Å²) in [6.07, 6.45) is -24.3. The Bertz CT molecular complexity index is 731. The van der Waals surface area contributed by atoms with Gasteiger partial charge in [0, 0.05) is 0 Å². The van der Waals surface area contributed by atoms with E-state index in [0.29, 0.717) is 0 Å². The molecule has 0 aromatic carbocycles. The van der Waals surface area contributed by atoms with E-state index in [2.05, 4.69) is 0 Å². The van der Waals surface area contributed by atoms with Gasteiger partial charge in [-0.3, -0.25) is 0 Å². The van der Waals surface area contributed by atoms with Crippen molar-refractivity contribution < 1.29 is 84.2 Å². The van der Waals surface area contributed by atoms with Crippen LogP contribution in [0, 0.1) is 0 Å². The summed E-state index contributed by atoms with van der Waals surface area (Å²) in [7, 11) is 0. The van der Waals surface area contributed by atoms with Crippen LogP contribution in [0.3, 0.4) is 0 Å². The van der Waals surface area contributed by atoms with Crippen molar-refractivity contribution in [2.24, 2.45) is 0 Å². The SMILES string of the molecule is OC[C@@H]1O[C@@H](OC2[C@H](O[C@@H]3CO[C@@H](O)C(O)[C@H]3O)OC[C@@H](O[C@@H]3OC[C@@H](O)[C@H](O)C3O)[C@@H]2O)C(O)[C@@H]1O. The van der Waals surface area contributed by atoms with E-state index in [1.807, 2.05) is 0 Å². The Balaban J connectivity index is 1.48. The third kappa shape index (κ3) is 6.08. The van der Waals surface area contributed by atoms with Crippen LogP contribution in [0.15, 0.2) is 0 Å². The lowest BCUT2D eigenvalue weighted by atomic mass is 10.0. The Hall–Kier alpha value is -0.680. The van der Waals surface area contributed by atoms with Crippen molar-refractivity contribution in [3.63, 3.8) is 0 Å². The molecule has 0 spiro atoms. The highest BCUT2D eigenvalue weighted by atomic mass is 16.8. The van der Waals surface area contributed by atoms with Crippen molar-refractivity contribution in [3.8, 4) is 0 Å². The minimum atomic E-state index is -1.71. The molecule has 0 aromatic rings. The molecule has 4 unspecified atom stereocenters. The lowest BCUT2D eigenvalue weighted by Gasteiger charge is -2.45. The van der Waals surface area contributed by atoms with E-state index in [9.17, 15) is 51.1 Å². The maximum absolute atomic E-state index is 11.1. The molecule has 0 bridgehead atoms. The quantitative estimate of drug-likeness (QED) is 0.142. The molecule has 4 heterocycles. The molecule has 37 heavy (non-hydrogen) atoms. The summed E-state index contributed by atoms with van der Waals surface area (Å²) in [6.45, 7) is -1.79. The molecular formula is C20H34O17. The molecule has 4 fully saturated rings. The van der Waals surface area contributed by atoms with Crippen LogP contribution < -0.4 is 0 Å². The zero-order valence-corrected chi connectivity index (χ0v) is 19.4. The number of ether oxygens (including phenoxy) is 7. The molecule has 216 valence electrons. The molecular weight excluding hydrogens is 512 g/mol. The van der Waals surface area contributed by atoms with E-state index in [1.54, 1.807) is 0 Å². The summed E-state index contributed by atoms with van der Waals surface area (Å²) in [5.41, 5.74) is 0. The average Bonchev–Trinajstić information content (AvgIpc) is 3.15. The topological polar surface area (TPSA) is 267 Å². The highest BCUT2D eigenvalue weighted by Crippen LogP contribution is 2.31. The van der Waals surface area contributed by atoms with Crippen LogP contribution in [0.4, 0.5) is 0 Å². The normalized spacial score (nSPS) is 53.4. The van der Waals surface area contributed by atoms with Gasteiger partial charge in [-0.25, -0.2) is 0 Å². The predicted molar refractivity (Wildman–Crippen MR) is 110 cm³/mol. The van der Waals surface area contributed by atoms with Crippen molar-refractivity contribution in [1.82, 2.24) is 0 Å². The Kier molecular flexibility index (Phi) is 9.69. The van der Waals surface area contributed by atoms with Crippen LogP contribution in [0.5, 0.6) is 0 Å². The van der Waals surface area contributed by atoms with E-state index in [1.165, 1.54) is 0 Å². The van der Waals surface area contributed by atoms with Gasteiger partial charge in [0.1, 0.15) is 73.2 Å². The minimum Gasteiger partial charge on any atom is -0.394 e. The minimum absolute atomic E-state index is 0.367. The zero-order chi connectivity index (χ0) is 27.0. The first-order valence-electron chi connectivity index (χ1n) is 11.7. The van der Waals surface area contributed by atoms with Crippen molar-refractivity contribution in [1.29, 1.82) is 0 Å². The third-order valence-corrected chi connectivity index (χ3v) is 6.73. The van der Waals surface area contributed by atoms with Crippen molar-refractivity contribution >= 4 is 0 Å². The van der Waals surface area contributed by atoms with Crippen LogP contribution in [0.1, 0.15) is 0 Å². The fourth-order valence-corrected chi connectivity index (χ4v) is 4.41. The van der Waals surface area contributed by atoms with Crippen LogP contribution in [0.25, 0.3) is 0 Å². The summed E-state index contributed by atoms with van der Waals surface area (Å²) in [6, 6.07) is 0. The second kappa shape index (κ2) is 12.2. The second-order valence-corrected chi connectivity index (χ2v) is 9.30. The molecule has 17 nitrogen and oxygen atoms in total. The third-order valence-electron chi connectivity index (χ3n) is 6.73. The van der Waals surface area contributed by atoms with Gasteiger partial charge in [-0.05, 0) is 0 Å². The summed E-state index contributed by atoms with van der Waals surface area (Å²) in [4.78, 5) is 0. The number of rotatable bonds is 7. The molecule has 4 rings (SSSR count). The lowest BCUT2D eigenvalue weighted by molar-refractivity contribution is -0.364. The van der Waals surface area contributed by atoms with Gasteiger partial charge in [-0.1, -0.05) is 0 Å². The molecule has 0 aliphatic carbocycles. The summed E-state index contributed by atoms with van der Waals surface area (Å²) < 4.78 is 37.9. The monoisotopic (exact) mass is 546 g/mol. The van der Waals surface area contributed by atoms with Crippen molar-refractivity contribution in [2.75, 3.05) is 26.4 Å². The standard InChI is InChI=1S/C20H34O17/c21-1-6-10(24)15(29)19(34-6)37-16-12(26)8(35-18-14(28)9(23)5(22)2-32-18)4-33-20(16)36-7-3-31-17(30)13(27)11(7)25/h5-30H,1-4H2/t5-,6+,7-,8-,9+,10-,11+,12+,13?,14?,15?,16?,17-,18+,19+,20+/m1/s1. The summed E-state index contributed by atoms with van der Waals surface area (Å²) in [5, 5.41) is 100. The van der Waals surface area contributed by atoms with Gasteiger partial charge in [-0.2, -0.15) is 0 Å².